The van der Waals surface area contributed by atoms with E-state index in [4.69, 9.17) is 42.1 Å². The lowest BCUT2D eigenvalue weighted by Crippen LogP contribution is -2.32. The van der Waals surface area contributed by atoms with Crippen LogP contribution in [0.4, 0.5) is 11.4 Å². The number of amides is 1. The van der Waals surface area contributed by atoms with Gasteiger partial charge in [-0.1, -0.05) is 23.2 Å². The summed E-state index contributed by atoms with van der Waals surface area (Å²) in [6.07, 6.45) is 0. The predicted octanol–water partition coefficient (Wildman–Crippen LogP) is 5.49. The third-order valence-corrected chi connectivity index (χ3v) is 4.86. The maximum Gasteiger partial charge on any atom is 0.259 e. The van der Waals surface area contributed by atoms with Gasteiger partial charge in [0, 0.05) is 12.1 Å². The molecule has 1 unspecified atom stereocenters. The fourth-order valence-electron chi connectivity index (χ4n) is 2.76. The van der Waals surface area contributed by atoms with Crippen molar-refractivity contribution in [1.29, 1.82) is 0 Å². The lowest BCUT2D eigenvalue weighted by atomic mass is 10.2. The third kappa shape index (κ3) is 6.49. The van der Waals surface area contributed by atoms with E-state index in [-0.39, 0.29) is 32.9 Å². The maximum atomic E-state index is 13.0. The minimum absolute atomic E-state index is 0.145. The first-order chi connectivity index (χ1) is 15.8. The Balaban J connectivity index is 2.42. The van der Waals surface area contributed by atoms with Crippen molar-refractivity contribution in [2.75, 3.05) is 32.8 Å². The Kier molecular flexibility index (Phi) is 9.74. The fourth-order valence-corrected chi connectivity index (χ4v) is 3.22. The summed E-state index contributed by atoms with van der Waals surface area (Å²) < 4.78 is 21.6. The number of halogens is 2. The second-order valence-electron chi connectivity index (χ2n) is 6.49. The van der Waals surface area contributed by atoms with Gasteiger partial charge >= 0.3 is 0 Å². The summed E-state index contributed by atoms with van der Waals surface area (Å²) in [6, 6.07) is 4.77. The molecule has 9 nitrogen and oxygen atoms in total. The van der Waals surface area contributed by atoms with Crippen molar-refractivity contribution < 1.29 is 28.5 Å². The van der Waals surface area contributed by atoms with Gasteiger partial charge < -0.3 is 24.3 Å². The molecule has 1 amide bonds. The van der Waals surface area contributed by atoms with Gasteiger partial charge in [0.25, 0.3) is 5.91 Å². The summed E-state index contributed by atoms with van der Waals surface area (Å²) in [7, 11) is 2.90. The first-order valence-electron chi connectivity index (χ1n) is 9.99. The second kappa shape index (κ2) is 12.3. The Labute approximate surface area is 202 Å². The molecular formula is C22H25Cl2N3O6. The summed E-state index contributed by atoms with van der Waals surface area (Å²) in [6.45, 7) is 5.42. The Morgan fingerprint density at radius 1 is 1.00 bits per heavy atom. The van der Waals surface area contributed by atoms with Crippen LogP contribution in [0.2, 0.25) is 10.0 Å². The molecule has 0 bridgehead atoms. The minimum Gasteiger partial charge on any atom is -0.497 e. The van der Waals surface area contributed by atoms with Crippen LogP contribution in [0.3, 0.4) is 0 Å². The Hall–Kier alpha value is -3.04. The highest BCUT2D eigenvalue weighted by molar-refractivity contribution is 6.33. The maximum absolute atomic E-state index is 13.0. The largest absolute Gasteiger partial charge is 0.497 e. The number of Topliss-reactive ketones (excluding diaryl/α,β-unsaturated/α-hetero) is 1. The summed E-state index contributed by atoms with van der Waals surface area (Å²) in [5, 5.41) is 11.0. The Bertz CT molecular complexity index is 1050. The van der Waals surface area contributed by atoms with Crippen LogP contribution in [0.1, 0.15) is 20.8 Å². The molecule has 178 valence electrons. The van der Waals surface area contributed by atoms with E-state index < -0.39 is 17.7 Å². The number of anilines is 1. The number of rotatable bonds is 11. The van der Waals surface area contributed by atoms with Gasteiger partial charge in [-0.25, -0.2) is 0 Å². The molecule has 0 saturated heterocycles. The van der Waals surface area contributed by atoms with Gasteiger partial charge in [0.15, 0.2) is 17.3 Å². The van der Waals surface area contributed by atoms with Crippen LogP contribution >= 0.6 is 23.2 Å². The van der Waals surface area contributed by atoms with E-state index in [1.54, 1.807) is 32.0 Å². The molecule has 2 aromatic carbocycles. The molecule has 33 heavy (non-hydrogen) atoms. The Morgan fingerprint density at radius 3 is 2.27 bits per heavy atom. The summed E-state index contributed by atoms with van der Waals surface area (Å²) >= 11 is 12.5. The molecule has 0 aliphatic rings. The van der Waals surface area contributed by atoms with Crippen molar-refractivity contribution >= 4 is 46.3 Å². The highest BCUT2D eigenvalue weighted by atomic mass is 35.5. The molecule has 0 aliphatic carbocycles. The molecule has 0 saturated carbocycles. The van der Waals surface area contributed by atoms with Crippen LogP contribution < -0.4 is 24.3 Å². The van der Waals surface area contributed by atoms with Crippen LogP contribution in [-0.2, 0) is 9.59 Å². The van der Waals surface area contributed by atoms with Crippen LogP contribution in [-0.4, -0.2) is 45.2 Å². The monoisotopic (exact) mass is 497 g/mol. The van der Waals surface area contributed by atoms with Gasteiger partial charge in [-0.3, -0.25) is 9.59 Å². The number of carbonyl (C=O) groups excluding carboxylic acids is 2. The molecule has 11 heteroatoms. The van der Waals surface area contributed by atoms with Gasteiger partial charge in [-0.05, 0) is 32.9 Å². The smallest absolute Gasteiger partial charge is 0.259 e. The summed E-state index contributed by atoms with van der Waals surface area (Å²) in [4.78, 5) is 25.3. The molecule has 0 radical (unpaired) electrons. The van der Waals surface area contributed by atoms with Crippen LogP contribution in [0, 0.1) is 0 Å². The van der Waals surface area contributed by atoms with E-state index >= 15 is 0 Å². The van der Waals surface area contributed by atoms with E-state index in [0.29, 0.717) is 24.7 Å². The van der Waals surface area contributed by atoms with Gasteiger partial charge in [-0.2, -0.15) is 5.11 Å². The van der Waals surface area contributed by atoms with Crippen molar-refractivity contribution in [2.24, 2.45) is 10.2 Å². The number of nitrogens with one attached hydrogen (secondary N) is 1. The number of nitrogens with zero attached hydrogens (tertiary/aromatic N) is 2. The molecule has 0 aromatic heterocycles. The standard InChI is InChI=1S/C22H25Cl2N3O6/c1-6-32-16-9-8-14(23)21(33-7-2)20(16)25-22(29)18(12(3)28)26-27-19-15(24)10-13(30-4)11-17(19)31-5/h8-11,18H,6-7H2,1-5H3,(H,25,29). The van der Waals surface area contributed by atoms with Crippen molar-refractivity contribution in [2.45, 2.75) is 26.8 Å². The lowest BCUT2D eigenvalue weighted by Gasteiger charge is -2.18. The number of hydrogen-bond donors (Lipinski definition) is 1. The Morgan fingerprint density at radius 2 is 1.70 bits per heavy atom. The van der Waals surface area contributed by atoms with Crippen LogP contribution in [0.5, 0.6) is 23.0 Å². The molecule has 0 heterocycles. The molecule has 0 fully saturated rings. The third-order valence-electron chi connectivity index (χ3n) is 4.27. The predicted molar refractivity (Wildman–Crippen MR) is 126 cm³/mol. The number of carbonyl (C=O) groups is 2. The number of ketones is 1. The normalized spacial score (nSPS) is 11.7. The van der Waals surface area contributed by atoms with E-state index in [9.17, 15) is 9.59 Å². The lowest BCUT2D eigenvalue weighted by molar-refractivity contribution is -0.126. The topological polar surface area (TPSA) is 108 Å². The number of benzene rings is 2. The van der Waals surface area contributed by atoms with Gasteiger partial charge in [-0.15, -0.1) is 5.11 Å². The van der Waals surface area contributed by atoms with Crippen molar-refractivity contribution in [3.8, 4) is 23.0 Å². The van der Waals surface area contributed by atoms with E-state index in [2.05, 4.69) is 15.5 Å². The average molecular weight is 498 g/mol. The molecule has 2 rings (SSSR count). The molecule has 1 atom stereocenters. The molecular weight excluding hydrogens is 473 g/mol. The van der Waals surface area contributed by atoms with Crippen molar-refractivity contribution in [1.82, 2.24) is 0 Å². The molecule has 2 aromatic rings. The number of methoxy groups -OCH3 is 2. The van der Waals surface area contributed by atoms with E-state index in [0.717, 1.165) is 0 Å². The zero-order valence-electron chi connectivity index (χ0n) is 18.9. The molecule has 0 spiro atoms. The summed E-state index contributed by atoms with van der Waals surface area (Å²) in [5.41, 5.74) is 0.337. The van der Waals surface area contributed by atoms with Gasteiger partial charge in [0.1, 0.15) is 22.9 Å². The van der Waals surface area contributed by atoms with Crippen LogP contribution in [0.15, 0.2) is 34.5 Å². The number of ether oxygens (including phenoxy) is 4. The zero-order valence-corrected chi connectivity index (χ0v) is 20.4. The van der Waals surface area contributed by atoms with Gasteiger partial charge in [0.2, 0.25) is 6.04 Å². The molecule has 0 aliphatic heterocycles. The SMILES string of the molecule is CCOc1ccc(Cl)c(OCC)c1NC(=O)C(N=Nc1c(Cl)cc(OC)cc1OC)C(C)=O. The van der Waals surface area contributed by atoms with Crippen LogP contribution in [0.25, 0.3) is 0 Å². The minimum atomic E-state index is -1.48. The van der Waals surface area contributed by atoms with E-state index in [1.807, 2.05) is 0 Å². The highest BCUT2D eigenvalue weighted by Gasteiger charge is 2.27. The zero-order chi connectivity index (χ0) is 24.5. The number of azo groups is 1. The first-order valence-corrected chi connectivity index (χ1v) is 10.7. The highest BCUT2D eigenvalue weighted by Crippen LogP contribution is 2.41. The molecule has 1 N–H and O–H groups in total. The van der Waals surface area contributed by atoms with Crippen molar-refractivity contribution in [3.05, 3.63) is 34.3 Å². The fraction of sp³-hybridized carbons (Fsp3) is 0.364. The first kappa shape index (κ1) is 26.2. The van der Waals surface area contributed by atoms with Gasteiger partial charge in [0.05, 0.1) is 37.5 Å². The number of hydrogen-bond acceptors (Lipinski definition) is 8. The van der Waals surface area contributed by atoms with E-state index in [1.165, 1.54) is 27.2 Å². The average Bonchev–Trinajstić information content (AvgIpc) is 2.78. The van der Waals surface area contributed by atoms with Crippen molar-refractivity contribution in [3.63, 3.8) is 0 Å². The summed E-state index contributed by atoms with van der Waals surface area (Å²) in [5.74, 6) is -0.0327. The quantitative estimate of drug-likeness (QED) is 0.324. The second-order valence-corrected chi connectivity index (χ2v) is 7.31.